The highest BCUT2D eigenvalue weighted by molar-refractivity contribution is 7.15. The molecule has 5 nitrogen and oxygen atoms in total. The second-order valence-corrected chi connectivity index (χ2v) is 4.97. The van der Waals surface area contributed by atoms with Gasteiger partial charge in [-0.3, -0.25) is 9.30 Å². The fourth-order valence-corrected chi connectivity index (χ4v) is 2.92. The summed E-state index contributed by atoms with van der Waals surface area (Å²) in [6.07, 6.45) is 0. The van der Waals surface area contributed by atoms with Gasteiger partial charge >= 0.3 is 0 Å². The van der Waals surface area contributed by atoms with Crippen LogP contribution in [0.5, 0.6) is 0 Å². The highest BCUT2D eigenvalue weighted by Crippen LogP contribution is 2.16. The third kappa shape index (κ3) is 1.73. The van der Waals surface area contributed by atoms with Crippen molar-refractivity contribution >= 4 is 16.3 Å². The van der Waals surface area contributed by atoms with Gasteiger partial charge in [0.05, 0.1) is 6.54 Å². The minimum absolute atomic E-state index is 0.903. The van der Waals surface area contributed by atoms with Crippen molar-refractivity contribution in [2.75, 3.05) is 26.2 Å². The Morgan fingerprint density at radius 1 is 1.38 bits per heavy atom. The second-order valence-electron chi connectivity index (χ2n) is 4.14. The van der Waals surface area contributed by atoms with E-state index in [0.29, 0.717) is 0 Å². The summed E-state index contributed by atoms with van der Waals surface area (Å²) < 4.78 is 2.16. The lowest BCUT2D eigenvalue weighted by Gasteiger charge is -2.26. The summed E-state index contributed by atoms with van der Waals surface area (Å²) in [6.45, 7) is 7.35. The van der Waals surface area contributed by atoms with Gasteiger partial charge < -0.3 is 5.32 Å². The van der Waals surface area contributed by atoms with Crippen LogP contribution in [0.25, 0.3) is 4.96 Å². The van der Waals surface area contributed by atoms with Crippen molar-refractivity contribution in [3.8, 4) is 0 Å². The Morgan fingerprint density at radius 2 is 2.19 bits per heavy atom. The molecular weight excluding hydrogens is 222 g/mol. The van der Waals surface area contributed by atoms with Crippen LogP contribution in [0.3, 0.4) is 0 Å². The maximum atomic E-state index is 4.27. The molecule has 2 aromatic heterocycles. The predicted octanol–water partition coefficient (Wildman–Crippen LogP) is 0.504. The lowest BCUT2D eigenvalue weighted by atomic mass is 10.3. The normalized spacial score (nSPS) is 18.3. The molecule has 0 atom stereocenters. The van der Waals surface area contributed by atoms with Crippen LogP contribution in [-0.4, -0.2) is 45.7 Å². The molecule has 3 rings (SSSR count). The molecular formula is C10H15N5S. The molecule has 3 heterocycles. The predicted molar refractivity (Wildman–Crippen MR) is 63.7 cm³/mol. The third-order valence-corrected chi connectivity index (χ3v) is 3.90. The summed E-state index contributed by atoms with van der Waals surface area (Å²) in [4.78, 5) is 3.42. The standard InChI is InChI=1S/C10H15N5S/c1-8-7-16-10-13-12-9(15(8)10)6-14-4-2-11-3-5-14/h7,11H,2-6H2,1H3. The van der Waals surface area contributed by atoms with Crippen LogP contribution in [0.4, 0.5) is 0 Å². The number of aryl methyl sites for hydroxylation is 1. The van der Waals surface area contributed by atoms with E-state index in [1.807, 2.05) is 0 Å². The van der Waals surface area contributed by atoms with Gasteiger partial charge in [0.1, 0.15) is 0 Å². The van der Waals surface area contributed by atoms with Crippen LogP contribution < -0.4 is 5.32 Å². The highest BCUT2D eigenvalue weighted by atomic mass is 32.1. The number of aromatic nitrogens is 3. The first-order chi connectivity index (χ1) is 7.84. The zero-order valence-electron chi connectivity index (χ0n) is 9.31. The molecule has 0 aromatic carbocycles. The van der Waals surface area contributed by atoms with Crippen molar-refractivity contribution in [3.05, 3.63) is 16.9 Å². The summed E-state index contributed by atoms with van der Waals surface area (Å²) >= 11 is 1.66. The van der Waals surface area contributed by atoms with Crippen molar-refractivity contribution in [3.63, 3.8) is 0 Å². The lowest BCUT2D eigenvalue weighted by Crippen LogP contribution is -2.43. The highest BCUT2D eigenvalue weighted by Gasteiger charge is 2.15. The van der Waals surface area contributed by atoms with Crippen LogP contribution in [0, 0.1) is 6.92 Å². The van der Waals surface area contributed by atoms with Crippen molar-refractivity contribution < 1.29 is 0 Å². The van der Waals surface area contributed by atoms with Crippen LogP contribution in [-0.2, 0) is 6.54 Å². The first kappa shape index (κ1) is 10.2. The summed E-state index contributed by atoms with van der Waals surface area (Å²) in [5, 5.41) is 14.0. The average molecular weight is 237 g/mol. The number of piperazine rings is 1. The fourth-order valence-electron chi connectivity index (χ4n) is 2.09. The van der Waals surface area contributed by atoms with E-state index in [0.717, 1.165) is 43.5 Å². The van der Waals surface area contributed by atoms with Gasteiger partial charge in [0, 0.05) is 37.3 Å². The Hall–Kier alpha value is -0.980. The lowest BCUT2D eigenvalue weighted by molar-refractivity contribution is 0.227. The fraction of sp³-hybridized carbons (Fsp3) is 0.600. The van der Waals surface area contributed by atoms with Gasteiger partial charge in [-0.1, -0.05) is 0 Å². The molecule has 0 saturated carbocycles. The number of fused-ring (bicyclic) bond motifs is 1. The summed E-state index contributed by atoms with van der Waals surface area (Å²) in [5.74, 6) is 1.07. The smallest absolute Gasteiger partial charge is 0.216 e. The van der Waals surface area contributed by atoms with Gasteiger partial charge in [0.25, 0.3) is 0 Å². The van der Waals surface area contributed by atoms with E-state index in [-0.39, 0.29) is 0 Å². The molecule has 0 amide bonds. The number of rotatable bonds is 2. The number of hydrogen-bond donors (Lipinski definition) is 1. The molecule has 1 N–H and O–H groups in total. The first-order valence-electron chi connectivity index (χ1n) is 5.56. The average Bonchev–Trinajstić information content (AvgIpc) is 2.86. The van der Waals surface area contributed by atoms with E-state index < -0.39 is 0 Å². The first-order valence-corrected chi connectivity index (χ1v) is 6.44. The number of hydrogen-bond acceptors (Lipinski definition) is 5. The zero-order valence-corrected chi connectivity index (χ0v) is 10.1. The van der Waals surface area contributed by atoms with Gasteiger partial charge in [-0.25, -0.2) is 0 Å². The van der Waals surface area contributed by atoms with Crippen LogP contribution >= 0.6 is 11.3 Å². The minimum atomic E-state index is 0.903. The van der Waals surface area contributed by atoms with E-state index in [4.69, 9.17) is 0 Å². The Balaban J connectivity index is 1.85. The number of nitrogens with zero attached hydrogens (tertiary/aromatic N) is 4. The molecule has 1 aliphatic rings. The van der Waals surface area contributed by atoms with Crippen molar-refractivity contribution in [2.45, 2.75) is 13.5 Å². The van der Waals surface area contributed by atoms with E-state index in [9.17, 15) is 0 Å². The quantitative estimate of drug-likeness (QED) is 0.826. The molecule has 1 fully saturated rings. The third-order valence-electron chi connectivity index (χ3n) is 2.96. The molecule has 2 aromatic rings. The Morgan fingerprint density at radius 3 is 3.00 bits per heavy atom. The summed E-state index contributed by atoms with van der Waals surface area (Å²) in [5.41, 5.74) is 1.23. The summed E-state index contributed by atoms with van der Waals surface area (Å²) in [6, 6.07) is 0. The van der Waals surface area contributed by atoms with Crippen molar-refractivity contribution in [1.82, 2.24) is 24.8 Å². The van der Waals surface area contributed by atoms with E-state index in [1.54, 1.807) is 11.3 Å². The molecule has 1 aliphatic heterocycles. The van der Waals surface area contributed by atoms with Crippen LogP contribution in [0.15, 0.2) is 5.38 Å². The molecule has 0 aliphatic carbocycles. The van der Waals surface area contributed by atoms with Gasteiger partial charge in [-0.05, 0) is 6.92 Å². The molecule has 86 valence electrons. The van der Waals surface area contributed by atoms with E-state index in [2.05, 4.69) is 37.1 Å². The molecule has 0 unspecified atom stereocenters. The maximum Gasteiger partial charge on any atom is 0.216 e. The number of nitrogens with one attached hydrogen (secondary N) is 1. The minimum Gasteiger partial charge on any atom is -0.314 e. The molecule has 1 saturated heterocycles. The Labute approximate surface area is 98.1 Å². The second kappa shape index (κ2) is 4.12. The van der Waals surface area contributed by atoms with Gasteiger partial charge in [0.2, 0.25) is 4.96 Å². The van der Waals surface area contributed by atoms with Gasteiger partial charge in [-0.15, -0.1) is 21.5 Å². The van der Waals surface area contributed by atoms with Crippen molar-refractivity contribution in [2.24, 2.45) is 0 Å². The Bertz CT molecular complexity index is 482. The molecule has 6 heteroatoms. The zero-order chi connectivity index (χ0) is 11.0. The van der Waals surface area contributed by atoms with Crippen molar-refractivity contribution in [1.29, 1.82) is 0 Å². The molecule has 0 bridgehead atoms. The van der Waals surface area contributed by atoms with Gasteiger partial charge in [-0.2, -0.15) is 0 Å². The number of thiazole rings is 1. The van der Waals surface area contributed by atoms with Crippen LogP contribution in [0.2, 0.25) is 0 Å². The van der Waals surface area contributed by atoms with Crippen LogP contribution in [0.1, 0.15) is 11.5 Å². The van der Waals surface area contributed by atoms with E-state index in [1.165, 1.54) is 5.69 Å². The maximum absolute atomic E-state index is 4.27. The SMILES string of the molecule is Cc1csc2nnc(CN3CCNCC3)n12. The monoisotopic (exact) mass is 237 g/mol. The summed E-state index contributed by atoms with van der Waals surface area (Å²) in [7, 11) is 0. The topological polar surface area (TPSA) is 45.5 Å². The molecule has 0 radical (unpaired) electrons. The molecule has 16 heavy (non-hydrogen) atoms. The molecule has 0 spiro atoms. The van der Waals surface area contributed by atoms with Gasteiger partial charge in [0.15, 0.2) is 5.82 Å². The van der Waals surface area contributed by atoms with E-state index >= 15 is 0 Å². The largest absolute Gasteiger partial charge is 0.314 e. The Kier molecular flexibility index (Phi) is 2.62.